The first-order valence-corrected chi connectivity index (χ1v) is 7.13. The molecule has 98 valence electrons. The summed E-state index contributed by atoms with van der Waals surface area (Å²) in [4.78, 5) is 13.3. The van der Waals surface area contributed by atoms with E-state index in [0.29, 0.717) is 11.3 Å². The summed E-state index contributed by atoms with van der Waals surface area (Å²) in [6.45, 7) is 1.92. The zero-order valence-corrected chi connectivity index (χ0v) is 11.8. The van der Waals surface area contributed by atoms with Gasteiger partial charge in [0.15, 0.2) is 0 Å². The maximum Gasteiger partial charge on any atom is 0.255 e. The van der Waals surface area contributed by atoms with Gasteiger partial charge in [-0.05, 0) is 61.2 Å². The normalized spacial score (nSPS) is 10.2. The number of carbonyl (C=O) groups is 1. The quantitative estimate of drug-likeness (QED) is 0.663. The molecule has 0 aliphatic rings. The standard InChI is InChI=1S/C15H16N2OS/c1-10-7-11(9-12(16)8-10)15(18)17-13-3-5-14(19-2)6-4-13/h3-9H,16H2,1-2H3,(H,17,18). The molecular weight excluding hydrogens is 256 g/mol. The summed E-state index contributed by atoms with van der Waals surface area (Å²) >= 11 is 1.67. The van der Waals surface area contributed by atoms with Crippen molar-refractivity contribution in [1.29, 1.82) is 0 Å². The van der Waals surface area contributed by atoms with E-state index >= 15 is 0 Å². The first kappa shape index (κ1) is 13.5. The molecule has 0 saturated carbocycles. The largest absolute Gasteiger partial charge is 0.399 e. The van der Waals surface area contributed by atoms with Crippen LogP contribution in [0.3, 0.4) is 0 Å². The van der Waals surface area contributed by atoms with Crippen LogP contribution in [-0.4, -0.2) is 12.2 Å². The van der Waals surface area contributed by atoms with Crippen molar-refractivity contribution >= 4 is 29.0 Å². The van der Waals surface area contributed by atoms with Gasteiger partial charge in [-0.15, -0.1) is 11.8 Å². The minimum atomic E-state index is -0.146. The third-order valence-corrected chi connectivity index (χ3v) is 3.45. The highest BCUT2D eigenvalue weighted by Crippen LogP contribution is 2.18. The highest BCUT2D eigenvalue weighted by molar-refractivity contribution is 7.98. The van der Waals surface area contributed by atoms with E-state index in [1.807, 2.05) is 49.6 Å². The average Bonchev–Trinajstić information content (AvgIpc) is 2.38. The van der Waals surface area contributed by atoms with Crippen LogP contribution in [0.2, 0.25) is 0 Å². The fourth-order valence-corrected chi connectivity index (χ4v) is 2.23. The van der Waals surface area contributed by atoms with Gasteiger partial charge in [-0.2, -0.15) is 0 Å². The van der Waals surface area contributed by atoms with Gasteiger partial charge in [-0.25, -0.2) is 0 Å². The van der Waals surface area contributed by atoms with Crippen LogP contribution in [0.4, 0.5) is 11.4 Å². The van der Waals surface area contributed by atoms with Gasteiger partial charge < -0.3 is 11.1 Å². The number of amides is 1. The fraction of sp³-hybridized carbons (Fsp3) is 0.133. The summed E-state index contributed by atoms with van der Waals surface area (Å²) in [5.74, 6) is -0.146. The molecule has 3 nitrogen and oxygen atoms in total. The minimum absolute atomic E-state index is 0.146. The van der Waals surface area contributed by atoms with Crippen molar-refractivity contribution < 1.29 is 4.79 Å². The Balaban J connectivity index is 2.15. The number of nitrogens with two attached hydrogens (primary N) is 1. The molecule has 0 aliphatic carbocycles. The number of thioether (sulfide) groups is 1. The molecule has 1 amide bonds. The number of nitrogens with one attached hydrogen (secondary N) is 1. The van der Waals surface area contributed by atoms with Gasteiger partial charge in [0, 0.05) is 21.8 Å². The molecule has 0 unspecified atom stereocenters. The molecule has 0 spiro atoms. The maximum absolute atomic E-state index is 12.1. The summed E-state index contributed by atoms with van der Waals surface area (Å²) in [7, 11) is 0. The van der Waals surface area contributed by atoms with E-state index in [0.717, 1.165) is 16.1 Å². The van der Waals surface area contributed by atoms with Crippen LogP contribution in [0.15, 0.2) is 47.4 Å². The van der Waals surface area contributed by atoms with Gasteiger partial charge in [0.2, 0.25) is 0 Å². The van der Waals surface area contributed by atoms with E-state index in [-0.39, 0.29) is 5.91 Å². The number of benzene rings is 2. The number of hydrogen-bond donors (Lipinski definition) is 2. The topological polar surface area (TPSA) is 55.1 Å². The van der Waals surface area contributed by atoms with Crippen LogP contribution in [0.5, 0.6) is 0 Å². The highest BCUT2D eigenvalue weighted by Gasteiger charge is 2.07. The summed E-state index contributed by atoms with van der Waals surface area (Å²) in [6.07, 6.45) is 2.02. The van der Waals surface area contributed by atoms with Gasteiger partial charge in [0.1, 0.15) is 0 Å². The third-order valence-electron chi connectivity index (χ3n) is 2.71. The van der Waals surface area contributed by atoms with E-state index < -0.39 is 0 Å². The molecule has 0 heterocycles. The van der Waals surface area contributed by atoms with E-state index in [1.165, 1.54) is 0 Å². The molecule has 0 atom stereocenters. The average molecular weight is 272 g/mol. The van der Waals surface area contributed by atoms with Crippen molar-refractivity contribution in [3.63, 3.8) is 0 Å². The lowest BCUT2D eigenvalue weighted by molar-refractivity contribution is 0.102. The molecule has 0 bridgehead atoms. The SMILES string of the molecule is CSc1ccc(NC(=O)c2cc(C)cc(N)c2)cc1. The van der Waals surface area contributed by atoms with Crippen molar-refractivity contribution in [2.75, 3.05) is 17.3 Å². The van der Waals surface area contributed by atoms with Gasteiger partial charge >= 0.3 is 0 Å². The van der Waals surface area contributed by atoms with Crippen molar-refractivity contribution in [2.24, 2.45) is 0 Å². The highest BCUT2D eigenvalue weighted by atomic mass is 32.2. The number of aryl methyl sites for hydroxylation is 1. The van der Waals surface area contributed by atoms with Gasteiger partial charge in [-0.3, -0.25) is 4.79 Å². The van der Waals surface area contributed by atoms with Crippen LogP contribution in [-0.2, 0) is 0 Å². The Morgan fingerprint density at radius 1 is 1.16 bits per heavy atom. The first-order chi connectivity index (χ1) is 9.08. The lowest BCUT2D eigenvalue weighted by Gasteiger charge is -2.07. The zero-order valence-electron chi connectivity index (χ0n) is 10.9. The summed E-state index contributed by atoms with van der Waals surface area (Å²) in [5.41, 5.74) is 8.68. The van der Waals surface area contributed by atoms with Crippen LogP contribution in [0.1, 0.15) is 15.9 Å². The van der Waals surface area contributed by atoms with Crippen LogP contribution in [0.25, 0.3) is 0 Å². The fourth-order valence-electron chi connectivity index (χ4n) is 1.82. The first-order valence-electron chi connectivity index (χ1n) is 5.91. The Kier molecular flexibility index (Phi) is 4.12. The number of rotatable bonds is 3. The lowest BCUT2D eigenvalue weighted by atomic mass is 10.1. The molecule has 0 aliphatic heterocycles. The molecule has 19 heavy (non-hydrogen) atoms. The van der Waals surface area contributed by atoms with Gasteiger partial charge in [0.25, 0.3) is 5.91 Å². The second kappa shape index (κ2) is 5.80. The van der Waals surface area contributed by atoms with Crippen LogP contribution in [0, 0.1) is 6.92 Å². The predicted octanol–water partition coefficient (Wildman–Crippen LogP) is 3.55. The van der Waals surface area contributed by atoms with Crippen molar-refractivity contribution in [3.8, 4) is 0 Å². The Bertz CT molecular complexity index is 573. The summed E-state index contributed by atoms with van der Waals surface area (Å²) in [5, 5.41) is 2.86. The molecule has 0 fully saturated rings. The Labute approximate surface area is 117 Å². The van der Waals surface area contributed by atoms with E-state index in [4.69, 9.17) is 5.73 Å². The van der Waals surface area contributed by atoms with E-state index in [9.17, 15) is 4.79 Å². The molecule has 3 N–H and O–H groups in total. The zero-order chi connectivity index (χ0) is 13.8. The summed E-state index contributed by atoms with van der Waals surface area (Å²) < 4.78 is 0. The molecule has 2 rings (SSSR count). The molecule has 0 aromatic heterocycles. The van der Waals surface area contributed by atoms with Crippen LogP contribution >= 0.6 is 11.8 Å². The number of hydrogen-bond acceptors (Lipinski definition) is 3. The third kappa shape index (κ3) is 3.51. The smallest absolute Gasteiger partial charge is 0.255 e. The van der Waals surface area contributed by atoms with Crippen molar-refractivity contribution in [1.82, 2.24) is 0 Å². The van der Waals surface area contributed by atoms with Crippen molar-refractivity contribution in [3.05, 3.63) is 53.6 Å². The number of carbonyl (C=O) groups excluding carboxylic acids is 1. The van der Waals surface area contributed by atoms with Gasteiger partial charge in [-0.1, -0.05) is 0 Å². The second-order valence-electron chi connectivity index (χ2n) is 4.31. The predicted molar refractivity (Wildman–Crippen MR) is 81.8 cm³/mol. The van der Waals surface area contributed by atoms with Crippen molar-refractivity contribution in [2.45, 2.75) is 11.8 Å². The monoisotopic (exact) mass is 272 g/mol. The summed E-state index contributed by atoms with van der Waals surface area (Å²) in [6, 6.07) is 13.1. The minimum Gasteiger partial charge on any atom is -0.399 e. The number of anilines is 2. The lowest BCUT2D eigenvalue weighted by Crippen LogP contribution is -2.12. The second-order valence-corrected chi connectivity index (χ2v) is 5.19. The molecular formula is C15H16N2OS. The molecule has 2 aromatic carbocycles. The Morgan fingerprint density at radius 3 is 2.42 bits per heavy atom. The van der Waals surface area contributed by atoms with Crippen LogP contribution < -0.4 is 11.1 Å². The van der Waals surface area contributed by atoms with Gasteiger partial charge in [0.05, 0.1) is 0 Å². The molecule has 0 saturated heterocycles. The molecule has 4 heteroatoms. The molecule has 0 radical (unpaired) electrons. The number of nitrogen functional groups attached to an aromatic ring is 1. The maximum atomic E-state index is 12.1. The Morgan fingerprint density at radius 2 is 1.84 bits per heavy atom. The molecule has 2 aromatic rings. The Hall–Kier alpha value is -1.94. The van der Waals surface area contributed by atoms with E-state index in [1.54, 1.807) is 17.8 Å². The van der Waals surface area contributed by atoms with E-state index in [2.05, 4.69) is 5.32 Å².